The molecule has 1 unspecified atom stereocenters. The lowest BCUT2D eigenvalue weighted by Crippen LogP contribution is -2.29. The normalized spacial score (nSPS) is 17.4. The lowest BCUT2D eigenvalue weighted by atomic mass is 9.95. The fraction of sp³-hybridized carbons (Fsp3) is 0.200. The van der Waals surface area contributed by atoms with Crippen LogP contribution in [0.1, 0.15) is 29.7 Å². The van der Waals surface area contributed by atoms with Crippen molar-refractivity contribution in [2.24, 2.45) is 0 Å². The minimum atomic E-state index is -0.995. The van der Waals surface area contributed by atoms with E-state index in [1.54, 1.807) is 54.6 Å². The number of ether oxygens (including phenoxy) is 3. The van der Waals surface area contributed by atoms with Gasteiger partial charge in [0.25, 0.3) is 5.78 Å². The number of benzene rings is 3. The quantitative estimate of drug-likeness (QED) is 0.0710. The highest BCUT2D eigenvalue weighted by Gasteiger charge is 2.48. The minimum Gasteiger partial charge on any atom is -0.507 e. The van der Waals surface area contributed by atoms with Gasteiger partial charge in [0.1, 0.15) is 24.7 Å². The fourth-order valence-corrected chi connectivity index (χ4v) is 7.19. The molecular weight excluding hydrogens is 633 g/mol. The van der Waals surface area contributed by atoms with Gasteiger partial charge in [0.05, 0.1) is 18.2 Å². The molecule has 13 heteroatoms. The van der Waals surface area contributed by atoms with Crippen LogP contribution in [0.15, 0.2) is 70.6 Å². The van der Waals surface area contributed by atoms with Gasteiger partial charge in [0.15, 0.2) is 15.8 Å². The molecule has 0 radical (unpaired) electrons. The molecule has 0 bridgehead atoms. The number of thioether (sulfide) groups is 1. The maximum atomic E-state index is 13.6. The maximum Gasteiger partial charge on any atom is 0.301 e. The van der Waals surface area contributed by atoms with Crippen molar-refractivity contribution in [2.75, 3.05) is 24.7 Å². The molecule has 4 aromatic rings. The van der Waals surface area contributed by atoms with Crippen LogP contribution in [0.4, 0.5) is 5.13 Å². The highest BCUT2D eigenvalue weighted by atomic mass is 35.5. The van der Waals surface area contributed by atoms with Gasteiger partial charge < -0.3 is 19.3 Å². The SMILES string of the molecule is CCOc1cccc(C2/C(=C(\O)c3ccc4c(c3)OCCO4)C(=O)C(=O)N2c2nnc(SCc3ccc(Cl)cc3Cl)s2)c1. The molecule has 1 amide bonds. The van der Waals surface area contributed by atoms with E-state index < -0.39 is 17.7 Å². The summed E-state index contributed by atoms with van der Waals surface area (Å²) in [7, 11) is 0. The van der Waals surface area contributed by atoms with Gasteiger partial charge in [-0.1, -0.05) is 64.5 Å². The predicted molar refractivity (Wildman–Crippen MR) is 166 cm³/mol. The van der Waals surface area contributed by atoms with Crippen molar-refractivity contribution in [3.63, 3.8) is 0 Å². The molecule has 1 atom stereocenters. The van der Waals surface area contributed by atoms with Crippen molar-refractivity contribution in [3.8, 4) is 17.2 Å². The maximum absolute atomic E-state index is 13.6. The van der Waals surface area contributed by atoms with E-state index in [1.165, 1.54) is 16.7 Å². The Morgan fingerprint density at radius 2 is 1.88 bits per heavy atom. The first kappa shape index (κ1) is 29.3. The van der Waals surface area contributed by atoms with Crippen molar-refractivity contribution in [1.82, 2.24) is 10.2 Å². The van der Waals surface area contributed by atoms with Crippen molar-refractivity contribution in [3.05, 3.63) is 93.0 Å². The number of carbonyl (C=O) groups is 2. The highest BCUT2D eigenvalue weighted by Crippen LogP contribution is 2.45. The second kappa shape index (κ2) is 12.5. The molecule has 0 saturated carbocycles. The molecule has 2 aliphatic heterocycles. The van der Waals surface area contributed by atoms with Crippen LogP contribution < -0.4 is 19.1 Å². The number of aliphatic hydroxyl groups excluding tert-OH is 1. The van der Waals surface area contributed by atoms with Gasteiger partial charge in [-0.15, -0.1) is 10.2 Å². The molecule has 6 rings (SSSR count). The van der Waals surface area contributed by atoms with E-state index in [2.05, 4.69) is 10.2 Å². The van der Waals surface area contributed by atoms with Gasteiger partial charge in [0, 0.05) is 21.4 Å². The molecule has 0 aliphatic carbocycles. The lowest BCUT2D eigenvalue weighted by molar-refractivity contribution is -0.132. The number of ketones is 1. The molecule has 1 fully saturated rings. The van der Waals surface area contributed by atoms with Crippen molar-refractivity contribution < 1.29 is 28.9 Å². The Balaban J connectivity index is 1.39. The van der Waals surface area contributed by atoms with E-state index in [1.807, 2.05) is 13.0 Å². The van der Waals surface area contributed by atoms with Crippen LogP contribution in [0.5, 0.6) is 17.2 Å². The zero-order valence-corrected chi connectivity index (χ0v) is 25.7. The molecule has 1 saturated heterocycles. The number of rotatable bonds is 8. The van der Waals surface area contributed by atoms with E-state index in [0.717, 1.165) is 16.9 Å². The predicted octanol–water partition coefficient (Wildman–Crippen LogP) is 6.93. The number of halogens is 2. The van der Waals surface area contributed by atoms with Crippen molar-refractivity contribution in [1.29, 1.82) is 0 Å². The summed E-state index contributed by atoms with van der Waals surface area (Å²) in [6.07, 6.45) is 0. The second-order valence-electron chi connectivity index (χ2n) is 9.41. The summed E-state index contributed by atoms with van der Waals surface area (Å²) < 4.78 is 17.5. The molecule has 9 nitrogen and oxygen atoms in total. The Bertz CT molecular complexity index is 1760. The molecular formula is C30H23Cl2N3O6S2. The van der Waals surface area contributed by atoms with Crippen LogP contribution in [0, 0.1) is 0 Å². The third-order valence-corrected chi connectivity index (χ3v) is 9.40. The first-order chi connectivity index (χ1) is 20.8. The van der Waals surface area contributed by atoms with E-state index >= 15 is 0 Å². The standard InChI is InChI=1S/C30H23Cl2N3O6S2/c1-2-39-20-5-3-4-16(12-20)25-24(26(36)17-7-9-22-23(13-17)41-11-10-40-22)27(37)28(38)35(25)29-33-34-30(43-29)42-15-18-6-8-19(31)14-21(18)32/h3-9,12-14,25,36H,2,10-11,15H2,1H3/b26-24+. The zero-order chi connectivity index (χ0) is 30.1. The summed E-state index contributed by atoms with van der Waals surface area (Å²) in [5.74, 6) is -0.0165. The smallest absolute Gasteiger partial charge is 0.301 e. The van der Waals surface area contributed by atoms with E-state index in [4.69, 9.17) is 37.4 Å². The molecule has 2 aliphatic rings. The molecule has 43 heavy (non-hydrogen) atoms. The fourth-order valence-electron chi connectivity index (χ4n) is 4.77. The van der Waals surface area contributed by atoms with Gasteiger partial charge in [-0.25, -0.2) is 0 Å². The van der Waals surface area contributed by atoms with E-state index in [-0.39, 0.29) is 16.5 Å². The monoisotopic (exact) mass is 655 g/mol. The van der Waals surface area contributed by atoms with E-state index in [0.29, 0.717) is 68.3 Å². The number of carbonyl (C=O) groups excluding carboxylic acids is 2. The lowest BCUT2D eigenvalue weighted by Gasteiger charge is -2.23. The summed E-state index contributed by atoms with van der Waals surface area (Å²) >= 11 is 14.9. The second-order valence-corrected chi connectivity index (χ2v) is 12.4. The highest BCUT2D eigenvalue weighted by molar-refractivity contribution is 8.00. The summed E-state index contributed by atoms with van der Waals surface area (Å²) in [6, 6.07) is 16.2. The number of amides is 1. The Labute approximate surface area is 265 Å². The molecule has 1 N–H and O–H groups in total. The Hall–Kier alpha value is -3.77. The average Bonchev–Trinajstić information content (AvgIpc) is 3.58. The van der Waals surface area contributed by atoms with Gasteiger partial charge in [-0.2, -0.15) is 0 Å². The van der Waals surface area contributed by atoms with E-state index in [9.17, 15) is 14.7 Å². The third kappa shape index (κ3) is 5.90. The zero-order valence-electron chi connectivity index (χ0n) is 22.6. The van der Waals surface area contributed by atoms with Crippen molar-refractivity contribution >= 4 is 68.9 Å². The van der Waals surface area contributed by atoms with Crippen LogP contribution in [0.25, 0.3) is 5.76 Å². The number of anilines is 1. The van der Waals surface area contributed by atoms with Crippen LogP contribution in [0.3, 0.4) is 0 Å². The topological polar surface area (TPSA) is 111 Å². The van der Waals surface area contributed by atoms with Gasteiger partial charge in [-0.3, -0.25) is 14.5 Å². The number of nitrogens with zero attached hydrogens (tertiary/aromatic N) is 3. The molecule has 3 heterocycles. The average molecular weight is 657 g/mol. The van der Waals surface area contributed by atoms with Crippen LogP contribution >= 0.6 is 46.3 Å². The summed E-state index contributed by atoms with van der Waals surface area (Å²) in [6.45, 7) is 3.05. The number of aromatic nitrogens is 2. The van der Waals surface area contributed by atoms with Crippen LogP contribution in [-0.2, 0) is 15.3 Å². The number of fused-ring (bicyclic) bond motifs is 1. The Morgan fingerprint density at radius 1 is 1.07 bits per heavy atom. The van der Waals surface area contributed by atoms with Crippen molar-refractivity contribution in [2.45, 2.75) is 23.1 Å². The first-order valence-electron chi connectivity index (χ1n) is 13.2. The Kier molecular flexibility index (Phi) is 8.49. The molecule has 220 valence electrons. The van der Waals surface area contributed by atoms with Gasteiger partial charge in [-0.05, 0) is 60.5 Å². The molecule has 0 spiro atoms. The summed E-state index contributed by atoms with van der Waals surface area (Å²) in [5.41, 5.74) is 1.64. The Morgan fingerprint density at radius 3 is 2.67 bits per heavy atom. The summed E-state index contributed by atoms with van der Waals surface area (Å²) in [4.78, 5) is 28.5. The number of Topliss-reactive ketones (excluding diaryl/α,β-unsaturated/α-hetero) is 1. The minimum absolute atomic E-state index is 0.0901. The molecule has 1 aromatic heterocycles. The van der Waals surface area contributed by atoms with Gasteiger partial charge >= 0.3 is 5.91 Å². The number of hydrogen-bond donors (Lipinski definition) is 1. The number of hydrogen-bond acceptors (Lipinski definition) is 10. The first-order valence-corrected chi connectivity index (χ1v) is 15.7. The molecule has 3 aromatic carbocycles. The third-order valence-electron chi connectivity index (χ3n) is 6.71. The largest absolute Gasteiger partial charge is 0.507 e. The van der Waals surface area contributed by atoms with Crippen LogP contribution in [0.2, 0.25) is 10.0 Å². The summed E-state index contributed by atoms with van der Waals surface area (Å²) in [5, 5.41) is 21.3. The van der Waals surface area contributed by atoms with Crippen LogP contribution in [-0.4, -0.2) is 46.8 Å². The van der Waals surface area contributed by atoms with Gasteiger partial charge in [0.2, 0.25) is 5.13 Å². The number of aliphatic hydroxyl groups is 1.